The lowest BCUT2D eigenvalue weighted by Gasteiger charge is -2.07. The number of amides is 1. The Morgan fingerprint density at radius 2 is 1.82 bits per heavy atom. The molecule has 0 bridgehead atoms. The quantitative estimate of drug-likeness (QED) is 0.406. The van der Waals surface area contributed by atoms with E-state index in [4.69, 9.17) is 13.6 Å². The number of nitrogens with zero attached hydrogens (tertiary/aromatic N) is 1. The number of nitrogens with one attached hydrogen (secondary N) is 1. The summed E-state index contributed by atoms with van der Waals surface area (Å²) in [4.78, 5) is 24.5. The van der Waals surface area contributed by atoms with Crippen LogP contribution >= 0.6 is 0 Å². The summed E-state index contributed by atoms with van der Waals surface area (Å²) in [6.07, 6.45) is -4.52. The third kappa shape index (κ3) is 4.57. The monoisotopic (exact) mass is 454 g/mol. The Hall–Kier alpha value is -4.52. The van der Waals surface area contributed by atoms with Crippen LogP contribution in [0.5, 0.6) is 0 Å². The molecule has 10 heteroatoms. The second-order valence-electron chi connectivity index (χ2n) is 6.78. The molecule has 0 atom stereocenters. The minimum atomic E-state index is -4.52. The number of anilines is 1. The maximum absolute atomic E-state index is 12.9. The molecule has 0 aliphatic rings. The summed E-state index contributed by atoms with van der Waals surface area (Å²) in [7, 11) is 0. The Morgan fingerprint density at radius 1 is 1.03 bits per heavy atom. The van der Waals surface area contributed by atoms with Crippen molar-refractivity contribution in [3.8, 4) is 17.4 Å². The Labute approximate surface area is 184 Å². The molecule has 2 heterocycles. The number of benzene rings is 2. The van der Waals surface area contributed by atoms with Gasteiger partial charge in [0.2, 0.25) is 11.5 Å². The van der Waals surface area contributed by atoms with Gasteiger partial charge >= 0.3 is 12.1 Å². The van der Waals surface area contributed by atoms with Gasteiger partial charge in [-0.1, -0.05) is 24.3 Å². The highest BCUT2D eigenvalue weighted by molar-refractivity contribution is 6.03. The van der Waals surface area contributed by atoms with Gasteiger partial charge in [-0.2, -0.15) is 18.4 Å². The maximum atomic E-state index is 12.9. The molecule has 0 saturated heterocycles. The first-order chi connectivity index (χ1) is 15.8. The number of esters is 1. The predicted molar refractivity (Wildman–Crippen MR) is 109 cm³/mol. The second-order valence-corrected chi connectivity index (χ2v) is 6.78. The number of rotatable bonds is 5. The number of alkyl halides is 3. The summed E-state index contributed by atoms with van der Waals surface area (Å²) in [6, 6.07) is 15.5. The Morgan fingerprint density at radius 3 is 2.58 bits per heavy atom. The van der Waals surface area contributed by atoms with Crippen LogP contribution in [0.3, 0.4) is 0 Å². The molecule has 0 radical (unpaired) electrons. The zero-order valence-corrected chi connectivity index (χ0v) is 16.6. The lowest BCUT2D eigenvalue weighted by molar-refractivity contribution is -0.137. The molecule has 166 valence electrons. The van der Waals surface area contributed by atoms with E-state index in [1.807, 2.05) is 6.07 Å². The van der Waals surface area contributed by atoms with Crippen molar-refractivity contribution in [3.63, 3.8) is 0 Å². The van der Waals surface area contributed by atoms with E-state index in [-0.39, 0.29) is 28.5 Å². The number of halogens is 3. The molecule has 1 N–H and O–H groups in total. The first-order valence-electron chi connectivity index (χ1n) is 9.42. The molecule has 33 heavy (non-hydrogen) atoms. The van der Waals surface area contributed by atoms with Gasteiger partial charge in [-0.25, -0.2) is 4.79 Å². The number of para-hydroxylation sites is 1. The smallest absolute Gasteiger partial charge is 0.416 e. The maximum Gasteiger partial charge on any atom is 0.416 e. The van der Waals surface area contributed by atoms with Crippen molar-refractivity contribution in [3.05, 3.63) is 77.7 Å². The van der Waals surface area contributed by atoms with E-state index in [2.05, 4.69) is 5.32 Å². The second kappa shape index (κ2) is 8.55. The first-order valence-corrected chi connectivity index (χ1v) is 9.42. The van der Waals surface area contributed by atoms with Crippen molar-refractivity contribution < 1.29 is 36.3 Å². The highest BCUT2D eigenvalue weighted by Crippen LogP contribution is 2.33. The van der Waals surface area contributed by atoms with E-state index in [0.29, 0.717) is 11.0 Å². The third-order valence-corrected chi connectivity index (χ3v) is 4.58. The van der Waals surface area contributed by atoms with E-state index in [1.54, 1.807) is 24.3 Å². The number of ether oxygens (including phenoxy) is 1. The first kappa shape index (κ1) is 21.7. The van der Waals surface area contributed by atoms with E-state index in [0.717, 1.165) is 12.1 Å². The molecule has 0 saturated carbocycles. The number of carbonyl (C=O) groups excluding carboxylic acids is 2. The number of carbonyl (C=O) groups is 2. The Kier molecular flexibility index (Phi) is 5.62. The van der Waals surface area contributed by atoms with Crippen LogP contribution < -0.4 is 5.32 Å². The van der Waals surface area contributed by atoms with Gasteiger partial charge < -0.3 is 18.9 Å². The highest BCUT2D eigenvalue weighted by atomic mass is 19.4. The average molecular weight is 454 g/mol. The molecular formula is C23H13F3N2O5. The summed E-state index contributed by atoms with van der Waals surface area (Å²) in [5, 5.41) is 12.2. The van der Waals surface area contributed by atoms with E-state index < -0.39 is 30.2 Å². The van der Waals surface area contributed by atoms with E-state index in [1.165, 1.54) is 24.3 Å². The fraction of sp³-hybridized carbons (Fsp3) is 0.0870. The molecule has 2 aromatic carbocycles. The zero-order chi connectivity index (χ0) is 23.6. The van der Waals surface area contributed by atoms with Crippen molar-refractivity contribution in [2.24, 2.45) is 0 Å². The van der Waals surface area contributed by atoms with Gasteiger partial charge in [0, 0.05) is 10.9 Å². The summed E-state index contributed by atoms with van der Waals surface area (Å²) in [6.45, 7) is -0.692. The number of fused-ring (bicyclic) bond motifs is 1. The lowest BCUT2D eigenvalue weighted by Crippen LogP contribution is -2.21. The number of nitriles is 1. The largest absolute Gasteiger partial charge is 0.450 e. The zero-order valence-electron chi connectivity index (χ0n) is 16.6. The van der Waals surface area contributed by atoms with Gasteiger partial charge in [0.15, 0.2) is 6.61 Å². The van der Waals surface area contributed by atoms with Gasteiger partial charge in [-0.3, -0.25) is 4.79 Å². The summed E-state index contributed by atoms with van der Waals surface area (Å²) in [5.41, 5.74) is -0.184. The Bertz CT molecular complexity index is 1400. The molecule has 4 rings (SSSR count). The van der Waals surface area contributed by atoms with Crippen LogP contribution in [0.2, 0.25) is 0 Å². The highest BCUT2D eigenvalue weighted by Gasteiger charge is 2.30. The molecule has 2 aromatic heterocycles. The molecule has 0 aliphatic carbocycles. The lowest BCUT2D eigenvalue weighted by atomic mass is 10.1. The molecule has 0 aliphatic heterocycles. The number of hydrogen-bond donors (Lipinski definition) is 1. The van der Waals surface area contributed by atoms with Gasteiger partial charge in [0.25, 0.3) is 5.91 Å². The van der Waals surface area contributed by atoms with Gasteiger partial charge in [-0.05, 0) is 36.4 Å². The summed E-state index contributed by atoms with van der Waals surface area (Å²) < 4.78 is 54.3. The van der Waals surface area contributed by atoms with Crippen LogP contribution in [0.25, 0.3) is 22.3 Å². The molecule has 1 amide bonds. The standard InChI is InChI=1S/C23H13F3N2O5/c24-23(25,26)14-5-3-4-13(10-14)16-8-9-18(32-16)22(30)31-12-20(29)28-21-15-6-1-2-7-17(15)33-19(21)11-27/h1-10H,12H2,(H,28,29). The minimum absolute atomic E-state index is 0.0287. The Balaban J connectivity index is 1.42. The van der Waals surface area contributed by atoms with Crippen molar-refractivity contribution in [1.82, 2.24) is 0 Å². The fourth-order valence-electron chi connectivity index (χ4n) is 3.08. The number of furan rings is 2. The molecule has 7 nitrogen and oxygen atoms in total. The van der Waals surface area contributed by atoms with Crippen LogP contribution in [0.4, 0.5) is 18.9 Å². The van der Waals surface area contributed by atoms with Crippen molar-refractivity contribution in [2.75, 3.05) is 11.9 Å². The molecule has 0 unspecified atom stereocenters. The van der Waals surface area contributed by atoms with Crippen molar-refractivity contribution in [1.29, 1.82) is 5.26 Å². The number of hydrogen-bond acceptors (Lipinski definition) is 6. The topological polar surface area (TPSA) is 105 Å². The molecule has 4 aromatic rings. The van der Waals surface area contributed by atoms with Crippen molar-refractivity contribution in [2.45, 2.75) is 6.18 Å². The third-order valence-electron chi connectivity index (χ3n) is 4.58. The van der Waals surface area contributed by atoms with Crippen LogP contribution in [-0.2, 0) is 15.7 Å². The van der Waals surface area contributed by atoms with Gasteiger partial charge in [-0.15, -0.1) is 0 Å². The predicted octanol–water partition coefficient (Wildman–Crippen LogP) is 5.38. The molecule has 0 fully saturated rings. The minimum Gasteiger partial charge on any atom is -0.450 e. The fourth-order valence-corrected chi connectivity index (χ4v) is 3.08. The van der Waals surface area contributed by atoms with Crippen molar-refractivity contribution >= 4 is 28.5 Å². The van der Waals surface area contributed by atoms with E-state index >= 15 is 0 Å². The van der Waals surface area contributed by atoms with E-state index in [9.17, 15) is 28.0 Å². The van der Waals surface area contributed by atoms with Gasteiger partial charge in [0.05, 0.1) is 5.56 Å². The van der Waals surface area contributed by atoms with Gasteiger partial charge in [0.1, 0.15) is 23.1 Å². The van der Waals surface area contributed by atoms with Crippen LogP contribution in [0.1, 0.15) is 21.9 Å². The SMILES string of the molecule is N#Cc1oc2ccccc2c1NC(=O)COC(=O)c1ccc(-c2cccc(C(F)(F)F)c2)o1. The summed E-state index contributed by atoms with van der Waals surface area (Å²) >= 11 is 0. The molecule has 0 spiro atoms. The van der Waals surface area contributed by atoms with Crippen LogP contribution in [-0.4, -0.2) is 18.5 Å². The van der Waals surface area contributed by atoms with Crippen LogP contribution in [0.15, 0.2) is 69.5 Å². The average Bonchev–Trinajstić information content (AvgIpc) is 3.43. The normalized spacial score (nSPS) is 11.2. The molecular weight excluding hydrogens is 441 g/mol. The van der Waals surface area contributed by atoms with Crippen LogP contribution in [0, 0.1) is 11.3 Å². The summed E-state index contributed by atoms with van der Waals surface area (Å²) in [5.74, 6) is -2.08.